The summed E-state index contributed by atoms with van der Waals surface area (Å²) in [7, 11) is 0. The van der Waals surface area contributed by atoms with E-state index in [1.165, 1.54) is 22.9 Å². The lowest BCUT2D eigenvalue weighted by Crippen LogP contribution is -2.10. The van der Waals surface area contributed by atoms with Gasteiger partial charge in [0, 0.05) is 6.21 Å². The fourth-order valence-electron chi connectivity index (χ4n) is 2.37. The molecule has 1 nitrogen and oxygen atoms in total. The minimum atomic E-state index is 0.0389. The maximum Gasteiger partial charge on any atom is 0.0212 e. The van der Waals surface area contributed by atoms with Gasteiger partial charge in [-0.25, -0.2) is 0 Å². The summed E-state index contributed by atoms with van der Waals surface area (Å²) in [4.78, 5) is 0. The third kappa shape index (κ3) is 3.57. The first-order valence-corrected chi connectivity index (χ1v) is 7.17. The lowest BCUT2D eigenvalue weighted by Gasteiger charge is -2.19. The Hall–Kier alpha value is -1.89. The van der Waals surface area contributed by atoms with E-state index < -0.39 is 0 Å². The Balaban J connectivity index is 2.16. The van der Waals surface area contributed by atoms with Gasteiger partial charge in [0.05, 0.1) is 0 Å². The van der Waals surface area contributed by atoms with Crippen molar-refractivity contribution < 1.29 is 0 Å². The number of hydrogen-bond donors (Lipinski definition) is 1. The van der Waals surface area contributed by atoms with Crippen molar-refractivity contribution in [3.05, 3.63) is 65.3 Å². The zero-order valence-corrected chi connectivity index (χ0v) is 12.6. The Morgan fingerprint density at radius 3 is 2.70 bits per heavy atom. The largest absolute Gasteiger partial charge is 0.308 e. The standard InChI is InChI=1S/C19H23N/c1-19(2,3)18(14-20)12-11-15-7-6-10-17(13-15)16-8-4-5-9-16/h4-8,10,12-14,20H,9,11H2,1-3H3/b18-12+,20-14?. The molecular formula is C19H23N. The van der Waals surface area contributed by atoms with Gasteiger partial charge in [0.1, 0.15) is 0 Å². The Kier molecular flexibility index (Phi) is 4.39. The van der Waals surface area contributed by atoms with E-state index in [2.05, 4.69) is 69.3 Å². The molecule has 1 aliphatic carbocycles. The molecule has 0 radical (unpaired) electrons. The first-order valence-electron chi connectivity index (χ1n) is 7.17. The second kappa shape index (κ2) is 6.04. The Morgan fingerprint density at radius 2 is 2.10 bits per heavy atom. The molecule has 1 N–H and O–H groups in total. The van der Waals surface area contributed by atoms with E-state index in [0.717, 1.165) is 18.4 Å². The molecule has 2 rings (SSSR count). The van der Waals surface area contributed by atoms with E-state index in [0.29, 0.717) is 0 Å². The molecule has 0 atom stereocenters. The third-order valence-corrected chi connectivity index (χ3v) is 3.65. The average molecular weight is 265 g/mol. The van der Waals surface area contributed by atoms with Crippen molar-refractivity contribution >= 4 is 11.8 Å². The maximum absolute atomic E-state index is 7.55. The summed E-state index contributed by atoms with van der Waals surface area (Å²) in [5.41, 5.74) is 5.13. The third-order valence-electron chi connectivity index (χ3n) is 3.65. The van der Waals surface area contributed by atoms with Crippen LogP contribution < -0.4 is 0 Å². The number of hydrogen-bond acceptors (Lipinski definition) is 1. The first kappa shape index (κ1) is 14.5. The van der Waals surface area contributed by atoms with E-state index in [-0.39, 0.29) is 5.41 Å². The lowest BCUT2D eigenvalue weighted by atomic mass is 9.86. The molecule has 1 heteroatoms. The van der Waals surface area contributed by atoms with Crippen LogP contribution >= 0.6 is 0 Å². The predicted octanol–water partition coefficient (Wildman–Crippen LogP) is 5.19. The summed E-state index contributed by atoms with van der Waals surface area (Å²) < 4.78 is 0. The first-order chi connectivity index (χ1) is 9.50. The highest BCUT2D eigenvalue weighted by Crippen LogP contribution is 2.26. The van der Waals surface area contributed by atoms with Crippen molar-refractivity contribution in [1.82, 2.24) is 0 Å². The summed E-state index contributed by atoms with van der Waals surface area (Å²) in [6.45, 7) is 6.44. The molecule has 104 valence electrons. The average Bonchev–Trinajstić information content (AvgIpc) is 2.92. The van der Waals surface area contributed by atoms with Crippen LogP contribution in [0.2, 0.25) is 0 Å². The topological polar surface area (TPSA) is 23.9 Å². The molecule has 1 aromatic carbocycles. The highest BCUT2D eigenvalue weighted by molar-refractivity contribution is 5.77. The highest BCUT2D eigenvalue weighted by atomic mass is 14.4. The van der Waals surface area contributed by atoms with Gasteiger partial charge in [-0.2, -0.15) is 0 Å². The number of nitrogens with one attached hydrogen (secondary N) is 1. The summed E-state index contributed by atoms with van der Waals surface area (Å²) in [6.07, 6.45) is 12.1. The fourth-order valence-corrected chi connectivity index (χ4v) is 2.37. The van der Waals surface area contributed by atoms with Gasteiger partial charge in [-0.15, -0.1) is 0 Å². The summed E-state index contributed by atoms with van der Waals surface area (Å²) >= 11 is 0. The molecule has 1 aromatic rings. The van der Waals surface area contributed by atoms with E-state index in [1.54, 1.807) is 0 Å². The molecule has 0 spiro atoms. The molecule has 0 aliphatic heterocycles. The van der Waals surface area contributed by atoms with Gasteiger partial charge in [-0.05, 0) is 40.5 Å². The molecule has 0 aromatic heterocycles. The summed E-state index contributed by atoms with van der Waals surface area (Å²) in [5, 5.41) is 7.55. The zero-order valence-electron chi connectivity index (χ0n) is 12.6. The molecular weight excluding hydrogens is 242 g/mol. The van der Waals surface area contributed by atoms with Crippen LogP contribution in [0.15, 0.2) is 54.1 Å². The minimum absolute atomic E-state index is 0.0389. The molecule has 0 heterocycles. The summed E-state index contributed by atoms with van der Waals surface area (Å²) in [5.74, 6) is 0. The minimum Gasteiger partial charge on any atom is -0.308 e. The maximum atomic E-state index is 7.55. The molecule has 0 bridgehead atoms. The Labute approximate surface area is 122 Å². The van der Waals surface area contributed by atoms with Crippen LogP contribution in [-0.4, -0.2) is 6.21 Å². The van der Waals surface area contributed by atoms with Gasteiger partial charge < -0.3 is 5.41 Å². The van der Waals surface area contributed by atoms with Crippen molar-refractivity contribution in [1.29, 1.82) is 5.41 Å². The highest BCUT2D eigenvalue weighted by Gasteiger charge is 2.14. The summed E-state index contributed by atoms with van der Waals surface area (Å²) in [6, 6.07) is 8.72. The van der Waals surface area contributed by atoms with Crippen LogP contribution in [0.5, 0.6) is 0 Å². The van der Waals surface area contributed by atoms with E-state index in [4.69, 9.17) is 5.41 Å². The van der Waals surface area contributed by atoms with Crippen molar-refractivity contribution in [2.45, 2.75) is 33.6 Å². The monoisotopic (exact) mass is 265 g/mol. The Bertz CT molecular complexity index is 580. The van der Waals surface area contributed by atoms with Gasteiger partial charge in [0.25, 0.3) is 0 Å². The van der Waals surface area contributed by atoms with Gasteiger partial charge in [-0.3, -0.25) is 0 Å². The van der Waals surface area contributed by atoms with Crippen molar-refractivity contribution in [3.63, 3.8) is 0 Å². The van der Waals surface area contributed by atoms with Crippen LogP contribution in [0.3, 0.4) is 0 Å². The van der Waals surface area contributed by atoms with Crippen molar-refractivity contribution in [2.24, 2.45) is 5.41 Å². The molecule has 0 saturated carbocycles. The number of benzene rings is 1. The Morgan fingerprint density at radius 1 is 1.30 bits per heavy atom. The quantitative estimate of drug-likeness (QED) is 0.724. The van der Waals surface area contributed by atoms with E-state index in [9.17, 15) is 0 Å². The number of allylic oxidation sites excluding steroid dienone is 6. The van der Waals surface area contributed by atoms with E-state index >= 15 is 0 Å². The van der Waals surface area contributed by atoms with Gasteiger partial charge in [0.15, 0.2) is 0 Å². The zero-order chi connectivity index (χ0) is 14.6. The van der Waals surface area contributed by atoms with Crippen LogP contribution in [0.25, 0.3) is 5.57 Å². The molecule has 0 amide bonds. The van der Waals surface area contributed by atoms with Crippen LogP contribution in [-0.2, 0) is 6.42 Å². The molecule has 0 unspecified atom stereocenters. The molecule has 0 saturated heterocycles. The predicted molar refractivity (Wildman–Crippen MR) is 88.2 cm³/mol. The van der Waals surface area contributed by atoms with Crippen molar-refractivity contribution in [3.8, 4) is 0 Å². The number of rotatable bonds is 4. The molecule has 20 heavy (non-hydrogen) atoms. The van der Waals surface area contributed by atoms with Crippen LogP contribution in [0.1, 0.15) is 38.3 Å². The normalized spacial score (nSPS) is 15.3. The smallest absolute Gasteiger partial charge is 0.0212 e. The second-order valence-electron chi connectivity index (χ2n) is 6.28. The van der Waals surface area contributed by atoms with Crippen molar-refractivity contribution in [2.75, 3.05) is 0 Å². The fraction of sp³-hybridized carbons (Fsp3) is 0.316. The van der Waals surface area contributed by atoms with Gasteiger partial charge in [-0.1, -0.05) is 69.3 Å². The molecule has 1 aliphatic rings. The molecule has 0 fully saturated rings. The SMILES string of the molecule is CC(C)(C)/C(C=N)=C/Cc1cccc(C2=CC=CC2)c1. The van der Waals surface area contributed by atoms with Crippen LogP contribution in [0.4, 0.5) is 0 Å². The van der Waals surface area contributed by atoms with Gasteiger partial charge >= 0.3 is 0 Å². The van der Waals surface area contributed by atoms with E-state index in [1.807, 2.05) is 0 Å². The van der Waals surface area contributed by atoms with Crippen LogP contribution in [0, 0.1) is 10.8 Å². The second-order valence-corrected chi connectivity index (χ2v) is 6.28. The lowest BCUT2D eigenvalue weighted by molar-refractivity contribution is 0.524. The van der Waals surface area contributed by atoms with Gasteiger partial charge in [0.2, 0.25) is 0 Å².